The maximum absolute atomic E-state index is 13.1. The number of hydrogen-bond acceptors (Lipinski definition) is 5. The molecule has 0 atom stereocenters. The summed E-state index contributed by atoms with van der Waals surface area (Å²) in [4.78, 5) is 13.3. The Labute approximate surface area is 161 Å². The molecule has 0 amide bonds. The van der Waals surface area contributed by atoms with Crippen molar-refractivity contribution in [3.8, 4) is 0 Å². The Hall–Kier alpha value is -2.06. The molecule has 2 aromatic rings. The van der Waals surface area contributed by atoms with Crippen LogP contribution in [0.3, 0.4) is 0 Å². The van der Waals surface area contributed by atoms with E-state index in [1.165, 1.54) is 12.1 Å². The second-order valence-electron chi connectivity index (χ2n) is 6.40. The van der Waals surface area contributed by atoms with Gasteiger partial charge in [-0.25, -0.2) is 9.97 Å². The number of nitrogens with zero attached hydrogens (tertiary/aromatic N) is 4. The lowest BCUT2D eigenvalue weighted by atomic mass is 10.2. The molecule has 146 valence electrons. The topological polar surface area (TPSA) is 44.3 Å². The lowest BCUT2D eigenvalue weighted by Crippen LogP contribution is -2.46. The van der Waals surface area contributed by atoms with Crippen LogP contribution >= 0.6 is 11.6 Å². The van der Waals surface area contributed by atoms with Gasteiger partial charge in [0.25, 0.3) is 0 Å². The van der Waals surface area contributed by atoms with Gasteiger partial charge in [-0.1, -0.05) is 18.5 Å². The van der Waals surface area contributed by atoms with Crippen LogP contribution in [0.1, 0.15) is 18.3 Å². The third kappa shape index (κ3) is 4.81. The molecular weight excluding hydrogens is 379 g/mol. The summed E-state index contributed by atoms with van der Waals surface area (Å²) < 4.78 is 39.2. The zero-order valence-electron chi connectivity index (χ0n) is 15.1. The van der Waals surface area contributed by atoms with E-state index >= 15 is 0 Å². The fourth-order valence-corrected chi connectivity index (χ4v) is 3.26. The predicted molar refractivity (Wildman–Crippen MR) is 101 cm³/mol. The van der Waals surface area contributed by atoms with E-state index in [2.05, 4.69) is 32.0 Å². The van der Waals surface area contributed by atoms with Crippen molar-refractivity contribution in [2.24, 2.45) is 0 Å². The zero-order valence-corrected chi connectivity index (χ0v) is 15.9. The fourth-order valence-electron chi connectivity index (χ4n) is 3.04. The van der Waals surface area contributed by atoms with Crippen LogP contribution in [0, 0.1) is 6.92 Å². The van der Waals surface area contributed by atoms with E-state index in [9.17, 15) is 13.2 Å². The van der Waals surface area contributed by atoms with E-state index in [0.29, 0.717) is 11.6 Å². The molecule has 1 aliphatic heterocycles. The summed E-state index contributed by atoms with van der Waals surface area (Å²) in [6.07, 6.45) is -4.51. The predicted octanol–water partition coefficient (Wildman–Crippen LogP) is 4.34. The number of anilines is 3. The number of hydrogen-bond donors (Lipinski definition) is 1. The Morgan fingerprint density at radius 3 is 2.44 bits per heavy atom. The van der Waals surface area contributed by atoms with Gasteiger partial charge in [-0.2, -0.15) is 13.2 Å². The third-order valence-corrected chi connectivity index (χ3v) is 4.84. The minimum absolute atomic E-state index is 0.270. The average molecular weight is 400 g/mol. The molecule has 0 spiro atoms. The monoisotopic (exact) mass is 399 g/mol. The second-order valence-corrected chi connectivity index (χ2v) is 6.80. The molecular formula is C18H21ClF3N5. The summed E-state index contributed by atoms with van der Waals surface area (Å²) in [5.41, 5.74) is -0.609. The van der Waals surface area contributed by atoms with Crippen molar-refractivity contribution >= 4 is 28.9 Å². The lowest BCUT2D eigenvalue weighted by Gasteiger charge is -2.34. The first-order chi connectivity index (χ1) is 12.8. The number of aryl methyl sites for hydroxylation is 1. The molecule has 1 aromatic heterocycles. The average Bonchev–Trinajstić information content (AvgIpc) is 2.62. The molecule has 27 heavy (non-hydrogen) atoms. The molecule has 1 N–H and O–H groups in total. The highest BCUT2D eigenvalue weighted by atomic mass is 35.5. The van der Waals surface area contributed by atoms with Gasteiger partial charge in [-0.3, -0.25) is 0 Å². The number of aromatic nitrogens is 2. The van der Waals surface area contributed by atoms with Gasteiger partial charge in [0.15, 0.2) is 0 Å². The first-order valence-electron chi connectivity index (χ1n) is 8.73. The van der Waals surface area contributed by atoms with Crippen molar-refractivity contribution in [1.82, 2.24) is 14.9 Å². The number of alkyl halides is 3. The van der Waals surface area contributed by atoms with E-state index < -0.39 is 11.7 Å². The molecule has 9 heteroatoms. The van der Waals surface area contributed by atoms with Gasteiger partial charge in [0.05, 0.1) is 10.6 Å². The first-order valence-corrected chi connectivity index (χ1v) is 9.11. The fraction of sp³-hybridized carbons (Fsp3) is 0.444. The van der Waals surface area contributed by atoms with Crippen molar-refractivity contribution in [3.05, 3.63) is 40.7 Å². The molecule has 0 saturated carbocycles. The van der Waals surface area contributed by atoms with Crippen LogP contribution < -0.4 is 10.2 Å². The van der Waals surface area contributed by atoms with Crippen LogP contribution in [-0.2, 0) is 6.18 Å². The molecule has 0 bridgehead atoms. The van der Waals surface area contributed by atoms with E-state index in [4.69, 9.17) is 11.6 Å². The highest BCUT2D eigenvalue weighted by molar-refractivity contribution is 6.31. The van der Waals surface area contributed by atoms with E-state index in [1.54, 1.807) is 13.0 Å². The molecule has 1 fully saturated rings. The smallest absolute Gasteiger partial charge is 0.354 e. The van der Waals surface area contributed by atoms with Crippen molar-refractivity contribution in [1.29, 1.82) is 0 Å². The maximum atomic E-state index is 13.1. The van der Waals surface area contributed by atoms with Gasteiger partial charge in [0, 0.05) is 37.9 Å². The van der Waals surface area contributed by atoms with Gasteiger partial charge in [-0.15, -0.1) is 0 Å². The largest absolute Gasteiger partial charge is 0.417 e. The van der Waals surface area contributed by atoms with Gasteiger partial charge < -0.3 is 15.1 Å². The summed E-state index contributed by atoms with van der Waals surface area (Å²) in [6, 6.07) is 5.47. The van der Waals surface area contributed by atoms with E-state index in [0.717, 1.165) is 44.6 Å². The van der Waals surface area contributed by atoms with Gasteiger partial charge in [-0.05, 0) is 31.7 Å². The Morgan fingerprint density at radius 2 is 1.81 bits per heavy atom. The van der Waals surface area contributed by atoms with Gasteiger partial charge in [0.2, 0.25) is 0 Å². The minimum Gasteiger partial charge on any atom is -0.354 e. The Bertz CT molecular complexity index is 804. The third-order valence-electron chi connectivity index (χ3n) is 4.51. The lowest BCUT2D eigenvalue weighted by molar-refractivity contribution is -0.137. The number of rotatable bonds is 4. The van der Waals surface area contributed by atoms with Crippen molar-refractivity contribution in [2.45, 2.75) is 20.0 Å². The first kappa shape index (κ1) is 19.7. The van der Waals surface area contributed by atoms with Crippen molar-refractivity contribution < 1.29 is 13.2 Å². The number of likely N-dealkylation sites (N-methyl/N-ethyl adjacent to an activating group) is 1. The molecule has 0 unspecified atom stereocenters. The van der Waals surface area contributed by atoms with Crippen LogP contribution in [0.25, 0.3) is 0 Å². The van der Waals surface area contributed by atoms with Gasteiger partial charge >= 0.3 is 6.18 Å². The summed E-state index contributed by atoms with van der Waals surface area (Å²) in [5.74, 6) is 1.77. The Morgan fingerprint density at radius 1 is 1.11 bits per heavy atom. The molecule has 1 aliphatic rings. The van der Waals surface area contributed by atoms with E-state index in [-0.39, 0.29) is 10.7 Å². The van der Waals surface area contributed by atoms with Crippen LogP contribution in [-0.4, -0.2) is 47.6 Å². The number of benzene rings is 1. The van der Waals surface area contributed by atoms with Crippen molar-refractivity contribution in [2.75, 3.05) is 42.9 Å². The molecule has 1 aromatic carbocycles. The van der Waals surface area contributed by atoms with Crippen LogP contribution in [0.15, 0.2) is 24.3 Å². The number of halogens is 4. The number of nitrogens with one attached hydrogen (secondary N) is 1. The van der Waals surface area contributed by atoms with Crippen LogP contribution in [0.2, 0.25) is 5.02 Å². The highest BCUT2D eigenvalue weighted by Gasteiger charge is 2.33. The minimum atomic E-state index is -4.51. The summed E-state index contributed by atoms with van der Waals surface area (Å²) in [6.45, 7) is 8.52. The van der Waals surface area contributed by atoms with Crippen molar-refractivity contribution in [3.63, 3.8) is 0 Å². The standard InChI is InChI=1S/C18H21ClF3N5/c1-3-26-6-8-27(9-7-26)17-11-16(23-12(2)24-17)25-13-4-5-15(19)14(10-13)18(20,21)22/h4-5,10-11H,3,6-9H2,1-2H3,(H,23,24,25). The summed E-state index contributed by atoms with van der Waals surface area (Å²) in [5, 5.41) is 2.61. The molecule has 3 rings (SSSR count). The molecule has 0 aliphatic carbocycles. The summed E-state index contributed by atoms with van der Waals surface area (Å²) >= 11 is 5.68. The quantitative estimate of drug-likeness (QED) is 0.828. The maximum Gasteiger partial charge on any atom is 0.417 e. The second kappa shape index (κ2) is 7.90. The Balaban J connectivity index is 1.81. The Kier molecular flexibility index (Phi) is 5.76. The highest BCUT2D eigenvalue weighted by Crippen LogP contribution is 2.36. The molecule has 1 saturated heterocycles. The summed E-state index contributed by atoms with van der Waals surface area (Å²) in [7, 11) is 0. The van der Waals surface area contributed by atoms with Crippen LogP contribution in [0.4, 0.5) is 30.5 Å². The molecule has 5 nitrogen and oxygen atoms in total. The van der Waals surface area contributed by atoms with Crippen LogP contribution in [0.5, 0.6) is 0 Å². The van der Waals surface area contributed by atoms with Gasteiger partial charge in [0.1, 0.15) is 17.5 Å². The number of piperazine rings is 1. The van der Waals surface area contributed by atoms with E-state index in [1.807, 2.05) is 0 Å². The zero-order chi connectivity index (χ0) is 19.6. The molecule has 2 heterocycles. The molecule has 0 radical (unpaired) electrons. The SMILES string of the molecule is CCN1CCN(c2cc(Nc3ccc(Cl)c(C(F)(F)F)c3)nc(C)n2)CC1. The normalized spacial score (nSPS) is 15.9.